The van der Waals surface area contributed by atoms with Gasteiger partial charge in [-0.3, -0.25) is 9.48 Å². The van der Waals surface area contributed by atoms with Crippen molar-refractivity contribution >= 4 is 34.2 Å². The van der Waals surface area contributed by atoms with Gasteiger partial charge in [0.2, 0.25) is 5.91 Å². The first-order valence-corrected chi connectivity index (χ1v) is 7.58. The van der Waals surface area contributed by atoms with Gasteiger partial charge in [-0.15, -0.1) is 0 Å². The number of carbonyl (C=O) groups is 1. The molecule has 5 nitrogen and oxygen atoms in total. The van der Waals surface area contributed by atoms with Crippen molar-refractivity contribution < 1.29 is 9.53 Å². The van der Waals surface area contributed by atoms with Crippen LogP contribution < -0.4 is 5.32 Å². The van der Waals surface area contributed by atoms with Crippen molar-refractivity contribution in [3.8, 4) is 0 Å². The van der Waals surface area contributed by atoms with Crippen LogP contribution in [0.2, 0.25) is 5.02 Å². The maximum absolute atomic E-state index is 11.9. The largest absolute Gasteiger partial charge is 0.384 e. The Kier molecular flexibility index (Phi) is 4.78. The number of rotatable bonds is 4. The number of carbonyl (C=O) groups excluding carboxylic acids is 1. The summed E-state index contributed by atoms with van der Waals surface area (Å²) in [4.78, 5) is 11.9. The number of halogens is 1. The molecule has 22 heavy (non-hydrogen) atoms. The summed E-state index contributed by atoms with van der Waals surface area (Å²) in [6, 6.07) is 3.87. The predicted molar refractivity (Wildman–Crippen MR) is 89.5 cm³/mol. The monoisotopic (exact) mass is 323 g/mol. The van der Waals surface area contributed by atoms with Gasteiger partial charge in [-0.1, -0.05) is 38.4 Å². The Morgan fingerprint density at radius 2 is 2.09 bits per heavy atom. The number of nitrogens with zero attached hydrogens (tertiary/aromatic N) is 2. The smallest absolute Gasteiger partial charge is 0.227 e. The van der Waals surface area contributed by atoms with Gasteiger partial charge in [-0.05, 0) is 17.0 Å². The van der Waals surface area contributed by atoms with E-state index in [-0.39, 0.29) is 17.7 Å². The molecule has 120 valence electrons. The minimum absolute atomic E-state index is 0.0477. The van der Waals surface area contributed by atoms with Crippen LogP contribution in [0.15, 0.2) is 12.1 Å². The Balaban J connectivity index is 2.52. The highest BCUT2D eigenvalue weighted by molar-refractivity contribution is 6.36. The van der Waals surface area contributed by atoms with E-state index in [0.717, 1.165) is 16.5 Å². The van der Waals surface area contributed by atoms with E-state index in [1.165, 1.54) is 0 Å². The van der Waals surface area contributed by atoms with Crippen LogP contribution in [0.4, 0.5) is 5.82 Å². The van der Waals surface area contributed by atoms with Crippen LogP contribution in [0.25, 0.3) is 10.9 Å². The lowest BCUT2D eigenvalue weighted by atomic mass is 9.85. The fourth-order valence-corrected chi connectivity index (χ4v) is 2.70. The Bertz CT molecular complexity index is 701. The van der Waals surface area contributed by atoms with Gasteiger partial charge in [0, 0.05) is 14.2 Å². The van der Waals surface area contributed by atoms with Crippen LogP contribution in [-0.2, 0) is 22.0 Å². The summed E-state index contributed by atoms with van der Waals surface area (Å²) in [6.07, 6.45) is 0.283. The molecular weight excluding hydrogens is 302 g/mol. The highest BCUT2D eigenvalue weighted by Crippen LogP contribution is 2.37. The number of ether oxygens (including phenoxy) is 1. The van der Waals surface area contributed by atoms with Crippen molar-refractivity contribution in [3.05, 3.63) is 22.7 Å². The molecule has 0 saturated heterocycles. The maximum atomic E-state index is 11.9. The molecule has 0 aliphatic rings. The molecule has 0 fully saturated rings. The van der Waals surface area contributed by atoms with E-state index >= 15 is 0 Å². The van der Waals surface area contributed by atoms with Gasteiger partial charge in [-0.2, -0.15) is 5.10 Å². The number of nitrogens with one attached hydrogen (secondary N) is 1. The quantitative estimate of drug-likeness (QED) is 0.937. The topological polar surface area (TPSA) is 56.1 Å². The van der Waals surface area contributed by atoms with Crippen molar-refractivity contribution in [1.82, 2.24) is 9.78 Å². The molecule has 2 rings (SSSR count). The fraction of sp³-hybridized carbons (Fsp3) is 0.500. The minimum atomic E-state index is -0.140. The molecule has 1 heterocycles. The molecule has 0 aliphatic carbocycles. The SMILES string of the molecule is COCCC(=O)Nc1nn(C)c2c(C(C)(C)C)ccc(Cl)c12. The Hall–Kier alpha value is -1.59. The Morgan fingerprint density at radius 1 is 1.41 bits per heavy atom. The molecule has 6 heteroatoms. The number of fused-ring (bicyclic) bond motifs is 1. The zero-order valence-electron chi connectivity index (χ0n) is 13.7. The van der Waals surface area contributed by atoms with Crippen molar-refractivity contribution in [2.24, 2.45) is 7.05 Å². The van der Waals surface area contributed by atoms with E-state index < -0.39 is 0 Å². The number of amides is 1. The van der Waals surface area contributed by atoms with E-state index in [1.807, 2.05) is 19.2 Å². The first kappa shape index (κ1) is 16.8. The lowest BCUT2D eigenvalue weighted by Gasteiger charge is -2.20. The van der Waals surface area contributed by atoms with Crippen LogP contribution in [0.5, 0.6) is 0 Å². The molecule has 0 unspecified atom stereocenters. The second-order valence-corrected chi connectivity index (χ2v) is 6.74. The molecule has 0 bridgehead atoms. The molecule has 1 aromatic heterocycles. The number of methoxy groups -OCH3 is 1. The van der Waals surface area contributed by atoms with Gasteiger partial charge in [-0.25, -0.2) is 0 Å². The van der Waals surface area contributed by atoms with Crippen LogP contribution in [-0.4, -0.2) is 29.4 Å². The average molecular weight is 324 g/mol. The lowest BCUT2D eigenvalue weighted by molar-refractivity contribution is -0.117. The Morgan fingerprint density at radius 3 is 2.68 bits per heavy atom. The second kappa shape index (κ2) is 6.26. The molecule has 0 atom stereocenters. The summed E-state index contributed by atoms with van der Waals surface area (Å²) in [5.41, 5.74) is 2.04. The summed E-state index contributed by atoms with van der Waals surface area (Å²) in [6.45, 7) is 6.79. The third-order valence-electron chi connectivity index (χ3n) is 3.54. The van der Waals surface area contributed by atoms with Crippen molar-refractivity contribution in [2.75, 3.05) is 19.0 Å². The standard InChI is InChI=1S/C16H22ClN3O2/c1-16(2,3)10-6-7-11(17)13-14(10)20(4)19-15(13)18-12(21)8-9-22-5/h6-7H,8-9H2,1-5H3,(H,18,19,21). The fourth-order valence-electron chi connectivity index (χ4n) is 2.46. The minimum Gasteiger partial charge on any atom is -0.384 e. The molecule has 1 amide bonds. The predicted octanol–water partition coefficient (Wildman–Crippen LogP) is 3.50. The zero-order chi connectivity index (χ0) is 16.5. The van der Waals surface area contributed by atoms with E-state index in [4.69, 9.17) is 16.3 Å². The van der Waals surface area contributed by atoms with Gasteiger partial charge >= 0.3 is 0 Å². The average Bonchev–Trinajstić information content (AvgIpc) is 2.73. The van der Waals surface area contributed by atoms with Crippen molar-refractivity contribution in [2.45, 2.75) is 32.6 Å². The van der Waals surface area contributed by atoms with E-state index in [1.54, 1.807) is 11.8 Å². The summed E-state index contributed by atoms with van der Waals surface area (Å²) in [5, 5.41) is 8.62. The normalized spacial score (nSPS) is 11.9. The van der Waals surface area contributed by atoms with Crippen molar-refractivity contribution in [1.29, 1.82) is 0 Å². The summed E-state index contributed by atoms with van der Waals surface area (Å²) < 4.78 is 6.69. The van der Waals surface area contributed by atoms with Gasteiger partial charge in [0.05, 0.1) is 29.0 Å². The molecule has 0 radical (unpaired) electrons. The first-order valence-electron chi connectivity index (χ1n) is 7.20. The molecule has 0 saturated carbocycles. The molecular formula is C16H22ClN3O2. The zero-order valence-corrected chi connectivity index (χ0v) is 14.4. The summed E-state index contributed by atoms with van der Waals surface area (Å²) in [5.74, 6) is 0.355. The van der Waals surface area contributed by atoms with Crippen molar-refractivity contribution in [3.63, 3.8) is 0 Å². The van der Waals surface area contributed by atoms with Crippen LogP contribution in [0.3, 0.4) is 0 Å². The van der Waals surface area contributed by atoms with E-state index in [2.05, 4.69) is 31.2 Å². The van der Waals surface area contributed by atoms with Gasteiger partial charge in [0.1, 0.15) is 0 Å². The first-order chi connectivity index (χ1) is 10.3. The molecule has 1 N–H and O–H groups in total. The summed E-state index contributed by atoms with van der Waals surface area (Å²) >= 11 is 6.36. The maximum Gasteiger partial charge on any atom is 0.227 e. The third kappa shape index (κ3) is 3.25. The number of hydrogen-bond donors (Lipinski definition) is 1. The van der Waals surface area contributed by atoms with Crippen LogP contribution in [0, 0.1) is 0 Å². The number of anilines is 1. The molecule has 1 aromatic carbocycles. The number of aromatic nitrogens is 2. The van der Waals surface area contributed by atoms with Gasteiger partial charge < -0.3 is 10.1 Å². The van der Waals surface area contributed by atoms with Crippen LogP contribution in [0.1, 0.15) is 32.8 Å². The van der Waals surface area contributed by atoms with E-state index in [0.29, 0.717) is 17.4 Å². The molecule has 0 aliphatic heterocycles. The van der Waals surface area contributed by atoms with Crippen LogP contribution >= 0.6 is 11.6 Å². The molecule has 0 spiro atoms. The van der Waals surface area contributed by atoms with E-state index in [9.17, 15) is 4.79 Å². The molecule has 2 aromatic rings. The van der Waals surface area contributed by atoms with Gasteiger partial charge in [0.25, 0.3) is 0 Å². The summed E-state index contributed by atoms with van der Waals surface area (Å²) in [7, 11) is 3.43. The number of aryl methyl sites for hydroxylation is 1. The van der Waals surface area contributed by atoms with Gasteiger partial charge in [0.15, 0.2) is 5.82 Å². The highest BCUT2D eigenvalue weighted by Gasteiger charge is 2.23. The lowest BCUT2D eigenvalue weighted by Crippen LogP contribution is -2.14. The Labute approximate surface area is 135 Å². The number of hydrogen-bond acceptors (Lipinski definition) is 3. The second-order valence-electron chi connectivity index (χ2n) is 6.33. The number of benzene rings is 1. The highest BCUT2D eigenvalue weighted by atomic mass is 35.5. The third-order valence-corrected chi connectivity index (χ3v) is 3.85.